The van der Waals surface area contributed by atoms with Crippen molar-refractivity contribution in [2.45, 2.75) is 26.2 Å². The first-order chi connectivity index (χ1) is 10.7. The Morgan fingerprint density at radius 3 is 2.64 bits per heavy atom. The van der Waals surface area contributed by atoms with E-state index < -0.39 is 0 Å². The fourth-order valence-electron chi connectivity index (χ4n) is 2.88. The van der Waals surface area contributed by atoms with Gasteiger partial charge in [0, 0.05) is 30.0 Å². The van der Waals surface area contributed by atoms with Crippen molar-refractivity contribution in [2.24, 2.45) is 0 Å². The zero-order chi connectivity index (χ0) is 15.4. The lowest BCUT2D eigenvalue weighted by molar-refractivity contribution is 0.577. The maximum Gasteiger partial charge on any atom is 0.0650 e. The monoisotopic (exact) mass is 312 g/mol. The van der Waals surface area contributed by atoms with Crippen molar-refractivity contribution < 1.29 is 0 Å². The largest absolute Gasteiger partial charge is 0.371 e. The van der Waals surface area contributed by atoms with Gasteiger partial charge in [-0.25, -0.2) is 0 Å². The van der Waals surface area contributed by atoms with Gasteiger partial charge in [0.25, 0.3) is 0 Å². The molecule has 0 radical (unpaired) electrons. The van der Waals surface area contributed by atoms with Crippen LogP contribution in [-0.2, 0) is 0 Å². The van der Waals surface area contributed by atoms with Gasteiger partial charge in [0.05, 0.1) is 5.69 Å². The molecule has 2 heterocycles. The predicted octanol–water partition coefficient (Wildman–Crippen LogP) is 5.20. The third-order valence-electron chi connectivity index (χ3n) is 4.13. The van der Waals surface area contributed by atoms with E-state index >= 15 is 0 Å². The average Bonchev–Trinajstić information content (AvgIpc) is 2.56. The van der Waals surface area contributed by atoms with Crippen LogP contribution in [0.4, 0.5) is 5.69 Å². The second-order valence-corrected chi connectivity index (χ2v) is 6.21. The number of hydrogen-bond acceptors (Lipinski definition) is 2. The number of pyridine rings is 1. The molecule has 3 heteroatoms. The molecular weight excluding hydrogens is 292 g/mol. The Bertz CT molecular complexity index is 673. The molecule has 1 aliphatic heterocycles. The van der Waals surface area contributed by atoms with E-state index in [2.05, 4.69) is 22.9 Å². The fourth-order valence-corrected chi connectivity index (χ4v) is 3.08. The minimum absolute atomic E-state index is 0.766. The summed E-state index contributed by atoms with van der Waals surface area (Å²) in [6, 6.07) is 10.0. The Hall–Kier alpha value is -1.80. The van der Waals surface area contributed by atoms with Crippen LogP contribution >= 0.6 is 11.6 Å². The molecule has 0 amide bonds. The van der Waals surface area contributed by atoms with E-state index in [9.17, 15) is 0 Å². The first-order valence-electron chi connectivity index (χ1n) is 7.88. The molecule has 1 aromatic heterocycles. The lowest BCUT2D eigenvalue weighted by Crippen LogP contribution is -2.30. The number of aryl methyl sites for hydroxylation is 1. The van der Waals surface area contributed by atoms with Crippen LogP contribution < -0.4 is 4.90 Å². The highest BCUT2D eigenvalue weighted by molar-refractivity contribution is 6.32. The van der Waals surface area contributed by atoms with E-state index in [0.29, 0.717) is 0 Å². The molecule has 0 saturated carbocycles. The molecule has 2 nitrogen and oxygen atoms in total. The van der Waals surface area contributed by atoms with Gasteiger partial charge >= 0.3 is 0 Å². The molecule has 0 spiro atoms. The fraction of sp³-hybridized carbons (Fsp3) is 0.316. The van der Waals surface area contributed by atoms with E-state index in [0.717, 1.165) is 29.4 Å². The molecule has 0 bridgehead atoms. The minimum atomic E-state index is 0.766. The molecule has 0 aliphatic carbocycles. The third-order valence-corrected chi connectivity index (χ3v) is 4.48. The van der Waals surface area contributed by atoms with Crippen LogP contribution in [0.25, 0.3) is 12.2 Å². The van der Waals surface area contributed by atoms with Gasteiger partial charge in [0.2, 0.25) is 0 Å². The number of aromatic nitrogens is 1. The molecule has 22 heavy (non-hydrogen) atoms. The van der Waals surface area contributed by atoms with Crippen molar-refractivity contribution in [2.75, 3.05) is 18.0 Å². The second kappa shape index (κ2) is 6.97. The smallest absolute Gasteiger partial charge is 0.0650 e. The Kier molecular flexibility index (Phi) is 4.79. The van der Waals surface area contributed by atoms with Crippen molar-refractivity contribution in [1.29, 1.82) is 0 Å². The van der Waals surface area contributed by atoms with Crippen molar-refractivity contribution >= 4 is 29.4 Å². The second-order valence-electron chi connectivity index (χ2n) is 5.80. The van der Waals surface area contributed by atoms with Crippen LogP contribution in [0.15, 0.2) is 36.5 Å². The van der Waals surface area contributed by atoms with E-state index in [1.54, 1.807) is 0 Å². The molecule has 2 aromatic rings. The van der Waals surface area contributed by atoms with Crippen LogP contribution in [0.5, 0.6) is 0 Å². The van der Waals surface area contributed by atoms with Crippen LogP contribution in [-0.4, -0.2) is 18.1 Å². The van der Waals surface area contributed by atoms with Gasteiger partial charge in [0.15, 0.2) is 0 Å². The van der Waals surface area contributed by atoms with Crippen molar-refractivity contribution in [1.82, 2.24) is 4.98 Å². The van der Waals surface area contributed by atoms with E-state index in [1.165, 1.54) is 30.5 Å². The highest BCUT2D eigenvalue weighted by Gasteiger charge is 2.13. The first-order valence-corrected chi connectivity index (χ1v) is 8.26. The van der Waals surface area contributed by atoms with Crippen LogP contribution in [0, 0.1) is 6.92 Å². The summed E-state index contributed by atoms with van der Waals surface area (Å²) in [6.45, 7) is 4.44. The molecule has 0 unspecified atom stereocenters. The van der Waals surface area contributed by atoms with Crippen LogP contribution in [0.2, 0.25) is 5.02 Å². The van der Waals surface area contributed by atoms with Crippen molar-refractivity contribution in [3.8, 4) is 0 Å². The summed E-state index contributed by atoms with van der Waals surface area (Å²) in [4.78, 5) is 7.00. The molecular formula is C19H21ClN2. The summed E-state index contributed by atoms with van der Waals surface area (Å²) in [5.41, 5.74) is 4.56. The number of rotatable bonds is 3. The van der Waals surface area contributed by atoms with Gasteiger partial charge in [-0.1, -0.05) is 35.9 Å². The molecule has 1 fully saturated rings. The van der Waals surface area contributed by atoms with E-state index in [-0.39, 0.29) is 0 Å². The quantitative estimate of drug-likeness (QED) is 0.774. The van der Waals surface area contributed by atoms with Gasteiger partial charge in [-0.05, 0) is 55.5 Å². The lowest BCUT2D eigenvalue weighted by Gasteiger charge is -2.30. The standard InChI is InChI=1S/C19H21ClN2/c1-15-14-21-17(10-9-16-7-3-4-8-18(16)20)13-19(15)22-11-5-2-6-12-22/h3-4,7-10,13-14H,2,5-6,11-12H2,1H3. The SMILES string of the molecule is Cc1cnc(C=Cc2ccccc2Cl)cc1N1CCCCC1. The molecule has 1 aromatic carbocycles. The van der Waals surface area contributed by atoms with E-state index in [4.69, 9.17) is 11.6 Å². The molecule has 1 saturated heterocycles. The maximum absolute atomic E-state index is 6.19. The summed E-state index contributed by atoms with van der Waals surface area (Å²) in [5.74, 6) is 0. The lowest BCUT2D eigenvalue weighted by atomic mass is 10.1. The first kappa shape index (κ1) is 15.1. The number of halogens is 1. The van der Waals surface area contributed by atoms with E-state index in [1.807, 2.05) is 42.6 Å². The summed E-state index contributed by atoms with van der Waals surface area (Å²) in [6.07, 6.45) is 9.95. The Morgan fingerprint density at radius 2 is 1.86 bits per heavy atom. The Balaban J connectivity index is 1.84. The zero-order valence-corrected chi connectivity index (χ0v) is 13.7. The van der Waals surface area contributed by atoms with Gasteiger partial charge in [-0.2, -0.15) is 0 Å². The highest BCUT2D eigenvalue weighted by Crippen LogP contribution is 2.25. The zero-order valence-electron chi connectivity index (χ0n) is 12.9. The Labute approximate surface area is 137 Å². The summed E-state index contributed by atoms with van der Waals surface area (Å²) in [5, 5.41) is 0.766. The minimum Gasteiger partial charge on any atom is -0.371 e. The normalized spacial score (nSPS) is 15.5. The Morgan fingerprint density at radius 1 is 1.09 bits per heavy atom. The summed E-state index contributed by atoms with van der Waals surface area (Å²) < 4.78 is 0. The molecule has 0 N–H and O–H groups in total. The maximum atomic E-state index is 6.19. The number of benzene rings is 1. The third kappa shape index (κ3) is 3.50. The highest BCUT2D eigenvalue weighted by atomic mass is 35.5. The molecule has 1 aliphatic rings. The number of hydrogen-bond donors (Lipinski definition) is 0. The van der Waals surface area contributed by atoms with Gasteiger partial charge < -0.3 is 4.90 Å². The van der Waals surface area contributed by atoms with Gasteiger partial charge in [-0.15, -0.1) is 0 Å². The van der Waals surface area contributed by atoms with Gasteiger partial charge in [0.1, 0.15) is 0 Å². The topological polar surface area (TPSA) is 16.1 Å². The number of nitrogens with zero attached hydrogens (tertiary/aromatic N) is 2. The average molecular weight is 313 g/mol. The van der Waals surface area contributed by atoms with Crippen molar-refractivity contribution in [3.63, 3.8) is 0 Å². The van der Waals surface area contributed by atoms with Crippen LogP contribution in [0.3, 0.4) is 0 Å². The summed E-state index contributed by atoms with van der Waals surface area (Å²) in [7, 11) is 0. The van der Waals surface area contributed by atoms with Gasteiger partial charge in [-0.3, -0.25) is 4.98 Å². The van der Waals surface area contributed by atoms with Crippen LogP contribution in [0.1, 0.15) is 36.1 Å². The molecule has 3 rings (SSSR count). The molecule has 0 atom stereocenters. The number of piperidine rings is 1. The number of anilines is 1. The predicted molar refractivity (Wildman–Crippen MR) is 95.4 cm³/mol. The summed E-state index contributed by atoms with van der Waals surface area (Å²) >= 11 is 6.19. The molecule has 114 valence electrons. The van der Waals surface area contributed by atoms with Crippen molar-refractivity contribution in [3.05, 3.63) is 58.4 Å².